The highest BCUT2D eigenvalue weighted by Gasteiger charge is 2.29. The van der Waals surface area contributed by atoms with Crippen molar-refractivity contribution in [2.75, 3.05) is 20.1 Å². The molecule has 1 saturated heterocycles. The lowest BCUT2D eigenvalue weighted by molar-refractivity contribution is -0.123. The van der Waals surface area contributed by atoms with Crippen LogP contribution in [0.3, 0.4) is 0 Å². The molecule has 6 nitrogen and oxygen atoms in total. The Kier molecular flexibility index (Phi) is 6.34. The molecule has 7 heteroatoms. The second-order valence-electron chi connectivity index (χ2n) is 7.07. The van der Waals surface area contributed by atoms with Gasteiger partial charge in [-0.15, -0.1) is 11.3 Å². The fraction of sp³-hybridized carbons (Fsp3) is 0.500. The van der Waals surface area contributed by atoms with Crippen molar-refractivity contribution in [2.24, 2.45) is 7.05 Å². The number of nitrogens with one attached hydrogen (secondary N) is 2. The lowest BCUT2D eigenvalue weighted by Gasteiger charge is -2.35. The van der Waals surface area contributed by atoms with Crippen LogP contribution in [-0.2, 0) is 11.8 Å². The van der Waals surface area contributed by atoms with Gasteiger partial charge in [-0.25, -0.2) is 0 Å². The first-order chi connectivity index (χ1) is 13.0. The highest BCUT2D eigenvalue weighted by Crippen LogP contribution is 2.31. The number of rotatable bonds is 6. The van der Waals surface area contributed by atoms with Crippen LogP contribution in [0.1, 0.15) is 59.3 Å². The maximum absolute atomic E-state index is 12.6. The minimum atomic E-state index is -0.0892. The van der Waals surface area contributed by atoms with E-state index in [4.69, 9.17) is 0 Å². The monoisotopic (exact) mass is 388 g/mol. The third-order valence-corrected chi connectivity index (χ3v) is 6.32. The summed E-state index contributed by atoms with van der Waals surface area (Å²) in [6.07, 6.45) is 3.23. The van der Waals surface area contributed by atoms with Crippen molar-refractivity contribution in [2.45, 2.75) is 38.3 Å². The van der Waals surface area contributed by atoms with Crippen LogP contribution in [0.2, 0.25) is 0 Å². The van der Waals surface area contributed by atoms with E-state index in [0.29, 0.717) is 12.2 Å². The summed E-state index contributed by atoms with van der Waals surface area (Å²) in [5.74, 6) is -0.0443. The SMILES string of the molecule is CNC(=O)c1ccc([C@H]2CCCCN2CC(=O)N[C@@H](C)c2cccs2)n1C. The summed E-state index contributed by atoms with van der Waals surface area (Å²) in [4.78, 5) is 28.0. The topological polar surface area (TPSA) is 66.4 Å². The van der Waals surface area contributed by atoms with Crippen LogP contribution in [-0.4, -0.2) is 41.4 Å². The minimum absolute atomic E-state index is 0.0237. The molecule has 3 rings (SSSR count). The molecular weight excluding hydrogens is 360 g/mol. The Bertz CT molecular complexity index is 784. The van der Waals surface area contributed by atoms with E-state index in [0.717, 1.165) is 36.4 Å². The molecule has 0 aliphatic carbocycles. The van der Waals surface area contributed by atoms with Gasteiger partial charge in [0.15, 0.2) is 0 Å². The highest BCUT2D eigenvalue weighted by atomic mass is 32.1. The molecule has 2 aromatic rings. The third-order valence-electron chi connectivity index (χ3n) is 5.27. The van der Waals surface area contributed by atoms with Crippen molar-refractivity contribution in [3.05, 3.63) is 45.9 Å². The molecule has 3 heterocycles. The first-order valence-corrected chi connectivity index (χ1v) is 10.3. The third kappa shape index (κ3) is 4.42. The summed E-state index contributed by atoms with van der Waals surface area (Å²) < 4.78 is 1.95. The van der Waals surface area contributed by atoms with Gasteiger partial charge >= 0.3 is 0 Å². The van der Waals surface area contributed by atoms with Crippen molar-refractivity contribution in [3.8, 4) is 0 Å². The van der Waals surface area contributed by atoms with Gasteiger partial charge in [0.1, 0.15) is 5.69 Å². The van der Waals surface area contributed by atoms with Gasteiger partial charge in [-0.1, -0.05) is 12.5 Å². The quantitative estimate of drug-likeness (QED) is 0.800. The molecule has 0 bridgehead atoms. The molecule has 0 saturated carbocycles. The fourth-order valence-electron chi connectivity index (χ4n) is 3.81. The molecule has 0 aromatic carbocycles. The molecule has 0 spiro atoms. The number of amides is 2. The molecule has 27 heavy (non-hydrogen) atoms. The minimum Gasteiger partial charge on any atom is -0.354 e. The van der Waals surface area contributed by atoms with Crippen molar-refractivity contribution in [1.82, 2.24) is 20.1 Å². The Morgan fingerprint density at radius 3 is 2.81 bits per heavy atom. The van der Waals surface area contributed by atoms with Crippen LogP contribution < -0.4 is 10.6 Å². The van der Waals surface area contributed by atoms with Gasteiger partial charge < -0.3 is 15.2 Å². The lowest BCUT2D eigenvalue weighted by atomic mass is 9.99. The Labute approximate surface area is 164 Å². The zero-order valence-electron chi connectivity index (χ0n) is 16.2. The van der Waals surface area contributed by atoms with Crippen LogP contribution in [0.15, 0.2) is 29.6 Å². The smallest absolute Gasteiger partial charge is 0.267 e. The number of carbonyl (C=O) groups is 2. The number of likely N-dealkylation sites (tertiary alicyclic amines) is 1. The summed E-state index contributed by atoms with van der Waals surface area (Å²) in [6.45, 7) is 3.29. The summed E-state index contributed by atoms with van der Waals surface area (Å²) in [7, 11) is 3.56. The molecule has 2 atom stereocenters. The summed E-state index contributed by atoms with van der Waals surface area (Å²) >= 11 is 1.66. The first-order valence-electron chi connectivity index (χ1n) is 9.45. The average molecular weight is 389 g/mol. The fourth-order valence-corrected chi connectivity index (χ4v) is 4.55. The number of piperidine rings is 1. The molecule has 1 fully saturated rings. The van der Waals surface area contributed by atoms with Crippen molar-refractivity contribution < 1.29 is 9.59 Å². The molecule has 0 unspecified atom stereocenters. The normalized spacial score (nSPS) is 18.9. The van der Waals surface area contributed by atoms with Gasteiger partial charge in [0, 0.05) is 24.7 Å². The summed E-state index contributed by atoms with van der Waals surface area (Å²) in [6, 6.07) is 8.10. The van der Waals surface area contributed by atoms with Crippen LogP contribution in [0.25, 0.3) is 0 Å². The Hall–Kier alpha value is -2.12. The highest BCUT2D eigenvalue weighted by molar-refractivity contribution is 7.10. The maximum atomic E-state index is 12.6. The number of carbonyl (C=O) groups excluding carboxylic acids is 2. The largest absolute Gasteiger partial charge is 0.354 e. The van der Waals surface area contributed by atoms with Crippen molar-refractivity contribution in [1.29, 1.82) is 0 Å². The van der Waals surface area contributed by atoms with E-state index in [1.807, 2.05) is 48.2 Å². The molecule has 146 valence electrons. The number of thiophene rings is 1. The number of aromatic nitrogens is 1. The standard InChI is InChI=1S/C20H28N4O2S/c1-14(18-8-6-12-27-18)22-19(25)13-24-11-5-4-7-16(24)15-9-10-17(23(15)3)20(26)21-2/h6,8-10,12,14,16H,4-5,7,11,13H2,1-3H3,(H,21,26)(H,22,25)/t14-,16+/m0/s1. The first kappa shape index (κ1) is 19.6. The second-order valence-corrected chi connectivity index (χ2v) is 8.05. The predicted octanol–water partition coefficient (Wildman–Crippen LogP) is 2.85. The lowest BCUT2D eigenvalue weighted by Crippen LogP contribution is -2.42. The average Bonchev–Trinajstić information content (AvgIpc) is 3.31. The Balaban J connectivity index is 1.69. The van der Waals surface area contributed by atoms with E-state index in [1.54, 1.807) is 18.4 Å². The molecule has 2 amide bonds. The van der Waals surface area contributed by atoms with Crippen LogP contribution in [0, 0.1) is 0 Å². The Morgan fingerprint density at radius 2 is 2.11 bits per heavy atom. The predicted molar refractivity (Wildman–Crippen MR) is 108 cm³/mol. The Morgan fingerprint density at radius 1 is 1.30 bits per heavy atom. The van der Waals surface area contributed by atoms with E-state index < -0.39 is 0 Å². The van der Waals surface area contributed by atoms with Crippen LogP contribution >= 0.6 is 11.3 Å². The summed E-state index contributed by atoms with van der Waals surface area (Å²) in [5.41, 5.74) is 1.74. The van der Waals surface area contributed by atoms with Gasteiger partial charge in [-0.2, -0.15) is 0 Å². The molecule has 1 aliphatic heterocycles. The molecular formula is C20H28N4O2S. The van der Waals surface area contributed by atoms with E-state index in [2.05, 4.69) is 15.5 Å². The number of nitrogens with zero attached hydrogens (tertiary/aromatic N) is 2. The molecule has 1 aliphatic rings. The van der Waals surface area contributed by atoms with Gasteiger partial charge in [0.05, 0.1) is 18.6 Å². The van der Waals surface area contributed by atoms with Gasteiger partial charge in [-0.3, -0.25) is 14.5 Å². The van der Waals surface area contributed by atoms with Crippen LogP contribution in [0.4, 0.5) is 0 Å². The van der Waals surface area contributed by atoms with E-state index in [9.17, 15) is 9.59 Å². The maximum Gasteiger partial charge on any atom is 0.267 e. The van der Waals surface area contributed by atoms with E-state index >= 15 is 0 Å². The zero-order chi connectivity index (χ0) is 19.4. The number of hydrogen-bond acceptors (Lipinski definition) is 4. The molecule has 2 N–H and O–H groups in total. The van der Waals surface area contributed by atoms with Gasteiger partial charge in [0.25, 0.3) is 5.91 Å². The number of hydrogen-bond donors (Lipinski definition) is 2. The van der Waals surface area contributed by atoms with Gasteiger partial charge in [-0.05, 0) is 49.9 Å². The van der Waals surface area contributed by atoms with Crippen molar-refractivity contribution in [3.63, 3.8) is 0 Å². The summed E-state index contributed by atoms with van der Waals surface area (Å²) in [5, 5.41) is 7.81. The molecule has 2 aromatic heterocycles. The van der Waals surface area contributed by atoms with Crippen LogP contribution in [0.5, 0.6) is 0 Å². The zero-order valence-corrected chi connectivity index (χ0v) is 17.0. The van der Waals surface area contributed by atoms with E-state index in [1.165, 1.54) is 0 Å². The van der Waals surface area contributed by atoms with E-state index in [-0.39, 0.29) is 23.9 Å². The van der Waals surface area contributed by atoms with Crippen molar-refractivity contribution >= 4 is 23.2 Å². The second kappa shape index (κ2) is 8.71. The molecule has 0 radical (unpaired) electrons. The van der Waals surface area contributed by atoms with Gasteiger partial charge in [0.2, 0.25) is 5.91 Å².